The van der Waals surface area contributed by atoms with Gasteiger partial charge in [-0.3, -0.25) is 9.59 Å². The van der Waals surface area contributed by atoms with Crippen LogP contribution in [0.3, 0.4) is 0 Å². The summed E-state index contributed by atoms with van der Waals surface area (Å²) in [5.74, 6) is 1.15. The van der Waals surface area contributed by atoms with E-state index in [1.165, 1.54) is 0 Å². The predicted octanol–water partition coefficient (Wildman–Crippen LogP) is 0.771. The molecule has 0 saturated heterocycles. The molecule has 15 heavy (non-hydrogen) atoms. The van der Waals surface area contributed by atoms with Gasteiger partial charge in [-0.2, -0.15) is 0 Å². The summed E-state index contributed by atoms with van der Waals surface area (Å²) < 4.78 is 0. The zero-order valence-corrected chi connectivity index (χ0v) is 8.58. The molecule has 0 aromatic heterocycles. The van der Waals surface area contributed by atoms with E-state index in [-0.39, 0.29) is 18.9 Å². The maximum atomic E-state index is 11.4. The van der Waals surface area contributed by atoms with E-state index in [4.69, 9.17) is 11.5 Å². The van der Waals surface area contributed by atoms with Crippen molar-refractivity contribution in [2.75, 3.05) is 6.54 Å². The molecular weight excluding hydrogens is 194 g/mol. The lowest BCUT2D eigenvalue weighted by molar-refractivity contribution is -0.151. The van der Waals surface area contributed by atoms with Crippen molar-refractivity contribution < 1.29 is 14.7 Å². The van der Waals surface area contributed by atoms with E-state index in [0.717, 1.165) is 12.8 Å². The van der Waals surface area contributed by atoms with Gasteiger partial charge in [-0.25, -0.2) is 0 Å². The number of aliphatic carboxylic acids is 1. The Morgan fingerprint density at radius 3 is 2.47 bits per heavy atom. The highest BCUT2D eigenvalue weighted by Crippen LogP contribution is 2.41. The smallest absolute Gasteiger partial charge is 0.310 e. The third-order valence-corrected chi connectivity index (χ3v) is 2.90. The summed E-state index contributed by atoms with van der Waals surface area (Å²) in [6.45, 7) is 0.161. The summed E-state index contributed by atoms with van der Waals surface area (Å²) >= 11 is 0. The number of terminal acetylenes is 1. The Balaban J connectivity index is 2.56. The summed E-state index contributed by atoms with van der Waals surface area (Å²) in [7, 11) is 0. The zero-order chi connectivity index (χ0) is 11.3. The third kappa shape index (κ3) is 2.72. The molecule has 4 nitrogen and oxygen atoms in total. The minimum absolute atomic E-state index is 0.0456. The molecule has 0 bridgehead atoms. The Labute approximate surface area is 89.0 Å². The maximum Gasteiger partial charge on any atom is 0.310 e. The van der Waals surface area contributed by atoms with Crippen LogP contribution >= 0.6 is 0 Å². The molecule has 1 aliphatic rings. The van der Waals surface area contributed by atoms with Gasteiger partial charge < -0.3 is 10.4 Å². The predicted molar refractivity (Wildman–Crippen MR) is 55.0 cm³/mol. The van der Waals surface area contributed by atoms with Gasteiger partial charge in [0.1, 0.15) is 0 Å². The van der Waals surface area contributed by atoms with Crippen molar-refractivity contribution in [2.24, 2.45) is 5.41 Å². The summed E-state index contributed by atoms with van der Waals surface area (Å²) in [5, 5.41) is 11.6. The van der Waals surface area contributed by atoms with Gasteiger partial charge >= 0.3 is 5.97 Å². The average Bonchev–Trinajstić information content (AvgIpc) is 2.64. The molecule has 0 radical (unpaired) electrons. The molecule has 0 unspecified atom stereocenters. The fraction of sp³-hybridized carbons (Fsp3) is 0.636. The minimum Gasteiger partial charge on any atom is -0.481 e. The van der Waals surface area contributed by atoms with Crippen LogP contribution < -0.4 is 5.32 Å². The minimum atomic E-state index is -0.865. The van der Waals surface area contributed by atoms with Crippen LogP contribution in [0.5, 0.6) is 0 Å². The van der Waals surface area contributed by atoms with Gasteiger partial charge in [0.25, 0.3) is 0 Å². The highest BCUT2D eigenvalue weighted by molar-refractivity contribution is 5.85. The second kappa shape index (κ2) is 4.83. The standard InChI is InChI=1S/C11H15NO3/c1-2-7-12-9(13)8-11(10(14)15)5-3-4-6-11/h1H,3-8H2,(H,12,13)(H,14,15). The van der Waals surface area contributed by atoms with Crippen LogP contribution in [-0.4, -0.2) is 23.5 Å². The Hall–Kier alpha value is -1.50. The molecular formula is C11H15NO3. The number of carboxylic acid groups (broad SMARTS) is 1. The largest absolute Gasteiger partial charge is 0.481 e. The molecule has 0 heterocycles. The number of amides is 1. The molecule has 4 heteroatoms. The second-order valence-electron chi connectivity index (χ2n) is 3.95. The van der Waals surface area contributed by atoms with E-state index < -0.39 is 11.4 Å². The lowest BCUT2D eigenvalue weighted by Gasteiger charge is -2.22. The van der Waals surface area contributed by atoms with E-state index in [0.29, 0.717) is 12.8 Å². The molecule has 1 saturated carbocycles. The quantitative estimate of drug-likeness (QED) is 0.672. The normalized spacial score (nSPS) is 18.1. The Kier molecular flexibility index (Phi) is 3.73. The second-order valence-corrected chi connectivity index (χ2v) is 3.95. The van der Waals surface area contributed by atoms with Gasteiger partial charge in [0.2, 0.25) is 5.91 Å². The summed E-state index contributed by atoms with van der Waals surface area (Å²) in [5.41, 5.74) is -0.849. The number of hydrogen-bond donors (Lipinski definition) is 2. The van der Waals surface area contributed by atoms with E-state index in [1.807, 2.05) is 0 Å². The fourth-order valence-corrected chi connectivity index (χ4v) is 2.04. The van der Waals surface area contributed by atoms with Crippen LogP contribution in [0.2, 0.25) is 0 Å². The van der Waals surface area contributed by atoms with E-state index in [1.54, 1.807) is 0 Å². The first-order valence-corrected chi connectivity index (χ1v) is 5.04. The number of carbonyl (C=O) groups excluding carboxylic acids is 1. The molecule has 0 aliphatic heterocycles. The van der Waals surface area contributed by atoms with Gasteiger partial charge in [-0.05, 0) is 12.8 Å². The molecule has 0 aromatic rings. The molecule has 2 N–H and O–H groups in total. The average molecular weight is 209 g/mol. The molecule has 1 amide bonds. The van der Waals surface area contributed by atoms with Gasteiger partial charge in [-0.1, -0.05) is 18.8 Å². The van der Waals surface area contributed by atoms with Crippen LogP contribution in [-0.2, 0) is 9.59 Å². The summed E-state index contributed by atoms with van der Waals surface area (Å²) in [4.78, 5) is 22.5. The van der Waals surface area contributed by atoms with Crippen molar-refractivity contribution in [1.29, 1.82) is 0 Å². The molecule has 0 aromatic carbocycles. The summed E-state index contributed by atoms with van der Waals surface area (Å²) in [6, 6.07) is 0. The van der Waals surface area contributed by atoms with Gasteiger partial charge in [0.05, 0.1) is 12.0 Å². The van der Waals surface area contributed by atoms with Crippen LogP contribution in [0.1, 0.15) is 32.1 Å². The number of hydrogen-bond acceptors (Lipinski definition) is 2. The van der Waals surface area contributed by atoms with Crippen molar-refractivity contribution in [3.63, 3.8) is 0 Å². The molecule has 82 valence electrons. The molecule has 1 aliphatic carbocycles. The molecule has 1 rings (SSSR count). The van der Waals surface area contributed by atoms with E-state index in [2.05, 4.69) is 11.2 Å². The topological polar surface area (TPSA) is 66.4 Å². The van der Waals surface area contributed by atoms with Crippen molar-refractivity contribution >= 4 is 11.9 Å². The molecule has 0 spiro atoms. The zero-order valence-electron chi connectivity index (χ0n) is 8.58. The van der Waals surface area contributed by atoms with Crippen molar-refractivity contribution in [3.8, 4) is 12.3 Å². The Morgan fingerprint density at radius 1 is 1.40 bits per heavy atom. The van der Waals surface area contributed by atoms with Gasteiger partial charge in [-0.15, -0.1) is 6.42 Å². The van der Waals surface area contributed by atoms with Crippen LogP contribution in [0.4, 0.5) is 0 Å². The van der Waals surface area contributed by atoms with E-state index >= 15 is 0 Å². The molecule has 1 fully saturated rings. The first-order valence-electron chi connectivity index (χ1n) is 5.04. The number of carbonyl (C=O) groups is 2. The van der Waals surface area contributed by atoms with Crippen molar-refractivity contribution in [3.05, 3.63) is 0 Å². The monoisotopic (exact) mass is 209 g/mol. The first-order chi connectivity index (χ1) is 7.10. The maximum absolute atomic E-state index is 11.4. The lowest BCUT2D eigenvalue weighted by atomic mass is 9.82. The van der Waals surface area contributed by atoms with Crippen LogP contribution in [0, 0.1) is 17.8 Å². The highest BCUT2D eigenvalue weighted by atomic mass is 16.4. The fourth-order valence-electron chi connectivity index (χ4n) is 2.04. The van der Waals surface area contributed by atoms with Crippen LogP contribution in [0.25, 0.3) is 0 Å². The van der Waals surface area contributed by atoms with Gasteiger partial charge in [0.15, 0.2) is 0 Å². The van der Waals surface area contributed by atoms with Crippen molar-refractivity contribution in [2.45, 2.75) is 32.1 Å². The SMILES string of the molecule is C#CCNC(=O)CC1(C(=O)O)CCCC1. The number of nitrogens with one attached hydrogen (secondary N) is 1. The van der Waals surface area contributed by atoms with Crippen LogP contribution in [0.15, 0.2) is 0 Å². The van der Waals surface area contributed by atoms with Gasteiger partial charge in [0, 0.05) is 6.42 Å². The van der Waals surface area contributed by atoms with Crippen molar-refractivity contribution in [1.82, 2.24) is 5.32 Å². The Morgan fingerprint density at radius 2 is 2.00 bits per heavy atom. The highest BCUT2D eigenvalue weighted by Gasteiger charge is 2.42. The number of carboxylic acids is 1. The lowest BCUT2D eigenvalue weighted by Crippen LogP contribution is -2.35. The summed E-state index contributed by atoms with van der Waals surface area (Å²) in [6.07, 6.45) is 7.99. The first kappa shape index (κ1) is 11.6. The molecule has 0 atom stereocenters. The van der Waals surface area contributed by atoms with E-state index in [9.17, 15) is 9.59 Å². The Bertz CT molecular complexity index is 297. The number of rotatable bonds is 4. The third-order valence-electron chi connectivity index (χ3n) is 2.90.